The van der Waals surface area contributed by atoms with Crippen molar-refractivity contribution in [2.24, 2.45) is 0 Å². The molecule has 0 saturated heterocycles. The number of hydrogen-bond donors (Lipinski definition) is 2. The number of ether oxygens (including phenoxy) is 2. The van der Waals surface area contributed by atoms with Crippen molar-refractivity contribution >= 4 is 11.7 Å². The van der Waals surface area contributed by atoms with Gasteiger partial charge in [-0.05, 0) is 18.2 Å². The van der Waals surface area contributed by atoms with E-state index in [0.717, 1.165) is 0 Å². The van der Waals surface area contributed by atoms with Crippen LogP contribution in [0.5, 0.6) is 5.75 Å². The summed E-state index contributed by atoms with van der Waals surface area (Å²) in [7, 11) is 0. The number of nitrogens with two attached hydrogens (primary N) is 1. The lowest BCUT2D eigenvalue weighted by molar-refractivity contribution is -0.175. The zero-order chi connectivity index (χ0) is 14.5. The van der Waals surface area contributed by atoms with E-state index in [1.165, 1.54) is 18.2 Å². The van der Waals surface area contributed by atoms with Gasteiger partial charge in [0, 0.05) is 5.69 Å². The van der Waals surface area contributed by atoms with Gasteiger partial charge in [-0.15, -0.1) is 0 Å². The maximum atomic E-state index is 11.8. The van der Waals surface area contributed by atoms with E-state index in [9.17, 15) is 18.0 Å². The number of rotatable bonds is 6. The summed E-state index contributed by atoms with van der Waals surface area (Å²) in [6.45, 7) is -1.87. The van der Waals surface area contributed by atoms with Gasteiger partial charge in [0.15, 0.2) is 0 Å². The van der Waals surface area contributed by atoms with Crippen LogP contribution in [0, 0.1) is 0 Å². The van der Waals surface area contributed by atoms with Gasteiger partial charge in [-0.2, -0.15) is 13.2 Å². The minimum absolute atomic E-state index is 0.0253. The van der Waals surface area contributed by atoms with Gasteiger partial charge < -0.3 is 20.3 Å². The Morgan fingerprint density at radius 1 is 1.32 bits per heavy atom. The van der Waals surface area contributed by atoms with E-state index in [0.29, 0.717) is 0 Å². The van der Waals surface area contributed by atoms with Gasteiger partial charge in [-0.3, -0.25) is 0 Å². The molecule has 0 radical (unpaired) electrons. The van der Waals surface area contributed by atoms with Crippen LogP contribution in [0.4, 0.5) is 18.9 Å². The first kappa shape index (κ1) is 15.1. The molecule has 0 spiro atoms. The Morgan fingerprint density at radius 3 is 2.58 bits per heavy atom. The quantitative estimate of drug-likeness (QED) is 0.614. The Kier molecular flexibility index (Phi) is 4.99. The van der Waals surface area contributed by atoms with Crippen molar-refractivity contribution in [3.63, 3.8) is 0 Å². The second-order valence-corrected chi connectivity index (χ2v) is 3.58. The van der Waals surface area contributed by atoms with Crippen molar-refractivity contribution in [1.82, 2.24) is 0 Å². The topological polar surface area (TPSA) is 81.8 Å². The van der Waals surface area contributed by atoms with Crippen LogP contribution in [0.25, 0.3) is 0 Å². The third-order valence-electron chi connectivity index (χ3n) is 1.98. The second kappa shape index (κ2) is 6.28. The minimum Gasteiger partial charge on any atom is -0.490 e. The number of aromatic carboxylic acids is 1. The summed E-state index contributed by atoms with van der Waals surface area (Å²) in [4.78, 5) is 10.9. The van der Waals surface area contributed by atoms with E-state index < -0.39 is 18.8 Å². The predicted molar refractivity (Wildman–Crippen MR) is 60.2 cm³/mol. The van der Waals surface area contributed by atoms with Gasteiger partial charge in [0.05, 0.1) is 6.61 Å². The summed E-state index contributed by atoms with van der Waals surface area (Å²) in [5.74, 6) is -1.21. The molecular formula is C11H12F3NO4. The fraction of sp³-hybridized carbons (Fsp3) is 0.364. The number of carbonyl (C=O) groups is 1. The molecule has 0 heterocycles. The van der Waals surface area contributed by atoms with Crippen LogP contribution in [-0.2, 0) is 4.74 Å². The first-order chi connectivity index (χ1) is 8.79. The SMILES string of the molecule is Nc1ccc(OCCOCC(F)(F)F)c(C(=O)O)c1. The van der Waals surface area contributed by atoms with Crippen LogP contribution < -0.4 is 10.5 Å². The van der Waals surface area contributed by atoms with Crippen molar-refractivity contribution in [2.45, 2.75) is 6.18 Å². The zero-order valence-corrected chi connectivity index (χ0v) is 9.74. The van der Waals surface area contributed by atoms with Crippen molar-refractivity contribution < 1.29 is 32.5 Å². The molecule has 1 aromatic rings. The summed E-state index contributed by atoms with van der Waals surface area (Å²) in [6, 6.07) is 3.97. The molecule has 0 atom stereocenters. The zero-order valence-electron chi connectivity index (χ0n) is 9.74. The van der Waals surface area contributed by atoms with Crippen LogP contribution >= 0.6 is 0 Å². The Balaban J connectivity index is 2.47. The van der Waals surface area contributed by atoms with Crippen molar-refractivity contribution in [3.05, 3.63) is 23.8 Å². The molecular weight excluding hydrogens is 267 g/mol. The Hall–Kier alpha value is -1.96. The molecule has 3 N–H and O–H groups in total. The predicted octanol–water partition coefficient (Wildman–Crippen LogP) is 1.92. The largest absolute Gasteiger partial charge is 0.490 e. The van der Waals surface area contributed by atoms with Gasteiger partial charge in [0.1, 0.15) is 24.5 Å². The highest BCUT2D eigenvalue weighted by Gasteiger charge is 2.27. The molecule has 0 aliphatic heterocycles. The van der Waals surface area contributed by atoms with Crippen molar-refractivity contribution in [2.75, 3.05) is 25.6 Å². The lowest BCUT2D eigenvalue weighted by Gasteiger charge is -2.11. The monoisotopic (exact) mass is 279 g/mol. The van der Waals surface area contributed by atoms with Crippen LogP contribution in [0.1, 0.15) is 10.4 Å². The number of carboxylic acids is 1. The highest BCUT2D eigenvalue weighted by molar-refractivity contribution is 5.92. The molecule has 0 amide bonds. The van der Waals surface area contributed by atoms with Crippen LogP contribution in [0.2, 0.25) is 0 Å². The number of carboxylic acid groups (broad SMARTS) is 1. The van der Waals surface area contributed by atoms with Gasteiger partial charge in [-0.25, -0.2) is 4.79 Å². The molecule has 106 valence electrons. The van der Waals surface area contributed by atoms with Crippen molar-refractivity contribution in [3.8, 4) is 5.75 Å². The van der Waals surface area contributed by atoms with Crippen LogP contribution in [0.15, 0.2) is 18.2 Å². The van der Waals surface area contributed by atoms with Crippen LogP contribution in [-0.4, -0.2) is 37.1 Å². The molecule has 0 aromatic heterocycles. The van der Waals surface area contributed by atoms with Crippen molar-refractivity contribution in [1.29, 1.82) is 0 Å². The first-order valence-corrected chi connectivity index (χ1v) is 5.20. The Bertz CT molecular complexity index is 448. The lowest BCUT2D eigenvalue weighted by Crippen LogP contribution is -2.19. The molecule has 19 heavy (non-hydrogen) atoms. The van der Waals surface area contributed by atoms with E-state index in [1.807, 2.05) is 0 Å². The fourth-order valence-electron chi connectivity index (χ4n) is 1.24. The molecule has 5 nitrogen and oxygen atoms in total. The smallest absolute Gasteiger partial charge is 0.411 e. The van der Waals surface area contributed by atoms with E-state index in [1.54, 1.807) is 0 Å². The molecule has 0 aliphatic rings. The minimum atomic E-state index is -4.40. The number of halogens is 3. The maximum Gasteiger partial charge on any atom is 0.411 e. The summed E-state index contributed by atoms with van der Waals surface area (Å²) in [5.41, 5.74) is 5.51. The van der Waals surface area contributed by atoms with Crippen LogP contribution in [0.3, 0.4) is 0 Å². The standard InChI is InChI=1S/C11H12F3NO4/c12-11(13,14)6-18-3-4-19-9-2-1-7(15)5-8(9)10(16)17/h1-2,5H,3-4,6,15H2,(H,16,17). The van der Waals surface area contributed by atoms with E-state index >= 15 is 0 Å². The summed E-state index contributed by atoms with van der Waals surface area (Å²) in [5, 5.41) is 8.88. The first-order valence-electron chi connectivity index (χ1n) is 5.20. The van der Waals surface area contributed by atoms with Gasteiger partial charge in [-0.1, -0.05) is 0 Å². The number of benzene rings is 1. The Morgan fingerprint density at radius 2 is 2.00 bits per heavy atom. The maximum absolute atomic E-state index is 11.8. The second-order valence-electron chi connectivity index (χ2n) is 3.58. The summed E-state index contributed by atoms with van der Waals surface area (Å²) >= 11 is 0. The molecule has 8 heteroatoms. The number of anilines is 1. The molecule has 0 unspecified atom stereocenters. The lowest BCUT2D eigenvalue weighted by atomic mass is 10.2. The molecule has 0 aliphatic carbocycles. The molecule has 0 fully saturated rings. The van der Waals surface area contributed by atoms with E-state index in [-0.39, 0.29) is 30.2 Å². The van der Waals surface area contributed by atoms with E-state index in [2.05, 4.69) is 4.74 Å². The van der Waals surface area contributed by atoms with Gasteiger partial charge in [0.2, 0.25) is 0 Å². The molecule has 0 bridgehead atoms. The third-order valence-corrected chi connectivity index (χ3v) is 1.98. The fourth-order valence-corrected chi connectivity index (χ4v) is 1.24. The summed E-state index contributed by atoms with van der Waals surface area (Å²) in [6.07, 6.45) is -4.40. The average molecular weight is 279 g/mol. The van der Waals surface area contributed by atoms with Gasteiger partial charge >= 0.3 is 12.1 Å². The highest BCUT2D eigenvalue weighted by Crippen LogP contribution is 2.21. The Labute approximate surface area is 106 Å². The number of alkyl halides is 3. The number of nitrogen functional groups attached to an aromatic ring is 1. The molecule has 1 rings (SSSR count). The molecule has 0 saturated carbocycles. The third kappa shape index (κ3) is 5.47. The van der Waals surface area contributed by atoms with Gasteiger partial charge in [0.25, 0.3) is 0 Å². The highest BCUT2D eigenvalue weighted by atomic mass is 19.4. The molecule has 1 aromatic carbocycles. The number of hydrogen-bond acceptors (Lipinski definition) is 4. The summed E-state index contributed by atoms with van der Waals surface area (Å²) < 4.78 is 44.6. The normalized spacial score (nSPS) is 11.3. The average Bonchev–Trinajstić information content (AvgIpc) is 2.28. The van der Waals surface area contributed by atoms with E-state index in [4.69, 9.17) is 15.6 Å².